The van der Waals surface area contributed by atoms with E-state index in [0.717, 1.165) is 5.56 Å². The Balaban J connectivity index is 1.66. The monoisotopic (exact) mass is 309 g/mol. The molecule has 0 aliphatic rings. The SMILES string of the molecule is Cc1ccc(CNc2nncc(Nc3cccc(F)c3)n2)cc1. The molecule has 1 heterocycles. The Hall–Kier alpha value is -3.02. The van der Waals surface area contributed by atoms with Crippen molar-refractivity contribution in [2.24, 2.45) is 0 Å². The number of benzene rings is 2. The van der Waals surface area contributed by atoms with Crippen molar-refractivity contribution in [2.75, 3.05) is 10.6 Å². The Labute approximate surface area is 133 Å². The van der Waals surface area contributed by atoms with Gasteiger partial charge in [0.05, 0.1) is 6.20 Å². The molecule has 0 aliphatic carbocycles. The van der Waals surface area contributed by atoms with Crippen molar-refractivity contribution >= 4 is 17.5 Å². The Morgan fingerprint density at radius 3 is 2.70 bits per heavy atom. The van der Waals surface area contributed by atoms with Crippen LogP contribution < -0.4 is 10.6 Å². The van der Waals surface area contributed by atoms with E-state index in [1.54, 1.807) is 12.1 Å². The Kier molecular flexibility index (Phi) is 4.42. The van der Waals surface area contributed by atoms with Gasteiger partial charge in [0.25, 0.3) is 0 Å². The number of nitrogens with zero attached hydrogens (tertiary/aromatic N) is 3. The molecule has 0 aliphatic heterocycles. The van der Waals surface area contributed by atoms with E-state index in [-0.39, 0.29) is 5.82 Å². The molecule has 2 N–H and O–H groups in total. The smallest absolute Gasteiger partial charge is 0.244 e. The molecule has 0 saturated carbocycles. The third kappa shape index (κ3) is 4.23. The third-order valence-electron chi connectivity index (χ3n) is 3.23. The number of rotatable bonds is 5. The maximum atomic E-state index is 13.2. The Morgan fingerprint density at radius 1 is 1.09 bits per heavy atom. The highest BCUT2D eigenvalue weighted by atomic mass is 19.1. The molecule has 6 heteroatoms. The van der Waals surface area contributed by atoms with Crippen LogP contribution in [0.1, 0.15) is 11.1 Å². The van der Waals surface area contributed by atoms with Crippen LogP contribution in [0.2, 0.25) is 0 Å². The molecule has 0 amide bonds. The van der Waals surface area contributed by atoms with Crippen molar-refractivity contribution in [2.45, 2.75) is 13.5 Å². The first-order valence-electron chi connectivity index (χ1n) is 7.21. The number of nitrogens with one attached hydrogen (secondary N) is 2. The molecule has 0 fully saturated rings. The van der Waals surface area contributed by atoms with Crippen molar-refractivity contribution in [3.8, 4) is 0 Å². The van der Waals surface area contributed by atoms with Crippen LogP contribution in [0.15, 0.2) is 54.7 Å². The van der Waals surface area contributed by atoms with Gasteiger partial charge in [0.15, 0.2) is 5.82 Å². The maximum Gasteiger partial charge on any atom is 0.244 e. The zero-order valence-corrected chi connectivity index (χ0v) is 12.6. The molecule has 0 unspecified atom stereocenters. The molecule has 3 rings (SSSR count). The molecular weight excluding hydrogens is 293 g/mol. The molecule has 0 atom stereocenters. The average Bonchev–Trinajstić information content (AvgIpc) is 2.55. The lowest BCUT2D eigenvalue weighted by atomic mass is 10.1. The van der Waals surface area contributed by atoms with Gasteiger partial charge in [0, 0.05) is 12.2 Å². The quantitative estimate of drug-likeness (QED) is 0.753. The molecule has 2 aromatic carbocycles. The van der Waals surface area contributed by atoms with E-state index in [0.29, 0.717) is 24.0 Å². The van der Waals surface area contributed by atoms with Crippen LogP contribution in [0.5, 0.6) is 0 Å². The number of halogens is 1. The number of aromatic nitrogens is 3. The van der Waals surface area contributed by atoms with Gasteiger partial charge in [-0.1, -0.05) is 35.9 Å². The standard InChI is InChI=1S/C17H16FN5/c1-12-5-7-13(8-6-12)10-19-17-22-16(11-20-23-17)21-15-4-2-3-14(18)9-15/h2-9,11H,10H2,1H3,(H2,19,21,22,23). The number of hydrogen-bond donors (Lipinski definition) is 2. The van der Waals surface area contributed by atoms with Gasteiger partial charge < -0.3 is 10.6 Å². The molecule has 0 radical (unpaired) electrons. The van der Waals surface area contributed by atoms with Gasteiger partial charge in [-0.3, -0.25) is 0 Å². The van der Waals surface area contributed by atoms with Crippen LogP contribution in [0, 0.1) is 12.7 Å². The second-order valence-corrected chi connectivity index (χ2v) is 5.14. The summed E-state index contributed by atoms with van der Waals surface area (Å²) in [6.07, 6.45) is 1.49. The molecule has 5 nitrogen and oxygen atoms in total. The van der Waals surface area contributed by atoms with Crippen LogP contribution in [-0.4, -0.2) is 15.2 Å². The fourth-order valence-corrected chi connectivity index (χ4v) is 2.04. The fourth-order valence-electron chi connectivity index (χ4n) is 2.04. The summed E-state index contributed by atoms with van der Waals surface area (Å²) < 4.78 is 13.2. The predicted molar refractivity (Wildman–Crippen MR) is 88.0 cm³/mol. The van der Waals surface area contributed by atoms with Crippen LogP contribution in [0.3, 0.4) is 0 Å². The minimum absolute atomic E-state index is 0.310. The van der Waals surface area contributed by atoms with E-state index in [4.69, 9.17) is 0 Å². The topological polar surface area (TPSA) is 62.7 Å². The van der Waals surface area contributed by atoms with Crippen LogP contribution in [-0.2, 0) is 6.54 Å². The van der Waals surface area contributed by atoms with Crippen molar-refractivity contribution in [1.82, 2.24) is 15.2 Å². The number of anilines is 3. The van der Waals surface area contributed by atoms with Crippen LogP contribution >= 0.6 is 0 Å². The molecule has 23 heavy (non-hydrogen) atoms. The van der Waals surface area contributed by atoms with Crippen LogP contribution in [0.4, 0.5) is 21.8 Å². The van der Waals surface area contributed by atoms with Gasteiger partial charge in [0.2, 0.25) is 5.95 Å². The zero-order valence-electron chi connectivity index (χ0n) is 12.6. The first-order valence-corrected chi connectivity index (χ1v) is 7.21. The lowest BCUT2D eigenvalue weighted by Crippen LogP contribution is -2.06. The highest BCUT2D eigenvalue weighted by Crippen LogP contribution is 2.15. The summed E-state index contributed by atoms with van der Waals surface area (Å²) in [4.78, 5) is 4.31. The summed E-state index contributed by atoms with van der Waals surface area (Å²) in [5.41, 5.74) is 2.95. The van der Waals surface area contributed by atoms with Crippen molar-refractivity contribution in [3.05, 3.63) is 71.7 Å². The van der Waals surface area contributed by atoms with Gasteiger partial charge >= 0.3 is 0 Å². The van der Waals surface area contributed by atoms with Gasteiger partial charge in [-0.2, -0.15) is 10.1 Å². The van der Waals surface area contributed by atoms with Gasteiger partial charge in [-0.15, -0.1) is 5.10 Å². The summed E-state index contributed by atoms with van der Waals surface area (Å²) >= 11 is 0. The summed E-state index contributed by atoms with van der Waals surface area (Å²) in [6, 6.07) is 14.4. The first-order chi connectivity index (χ1) is 11.2. The van der Waals surface area contributed by atoms with E-state index in [9.17, 15) is 4.39 Å². The van der Waals surface area contributed by atoms with Gasteiger partial charge in [0.1, 0.15) is 5.82 Å². The lowest BCUT2D eigenvalue weighted by Gasteiger charge is -2.08. The van der Waals surface area contributed by atoms with E-state index >= 15 is 0 Å². The molecule has 116 valence electrons. The van der Waals surface area contributed by atoms with E-state index in [1.807, 2.05) is 19.1 Å². The summed E-state index contributed by atoms with van der Waals surface area (Å²) in [6.45, 7) is 2.65. The molecule has 1 aromatic heterocycles. The Morgan fingerprint density at radius 2 is 1.91 bits per heavy atom. The predicted octanol–water partition coefficient (Wildman–Crippen LogP) is 3.67. The third-order valence-corrected chi connectivity index (χ3v) is 3.23. The number of aryl methyl sites for hydroxylation is 1. The summed E-state index contributed by atoms with van der Waals surface area (Å²) in [5, 5.41) is 14.0. The van der Waals surface area contributed by atoms with Gasteiger partial charge in [-0.25, -0.2) is 4.39 Å². The second kappa shape index (κ2) is 6.83. The molecular formula is C17H16FN5. The second-order valence-electron chi connectivity index (χ2n) is 5.14. The average molecular weight is 309 g/mol. The molecule has 3 aromatic rings. The largest absolute Gasteiger partial charge is 0.349 e. The van der Waals surface area contributed by atoms with Crippen molar-refractivity contribution in [3.63, 3.8) is 0 Å². The lowest BCUT2D eigenvalue weighted by molar-refractivity contribution is 0.628. The minimum Gasteiger partial charge on any atom is -0.349 e. The Bertz CT molecular complexity index is 789. The molecule has 0 saturated heterocycles. The first kappa shape index (κ1) is 14.9. The highest BCUT2D eigenvalue weighted by Gasteiger charge is 2.02. The zero-order chi connectivity index (χ0) is 16.1. The minimum atomic E-state index is -0.310. The van der Waals surface area contributed by atoms with Crippen molar-refractivity contribution < 1.29 is 4.39 Å². The van der Waals surface area contributed by atoms with Crippen LogP contribution in [0.25, 0.3) is 0 Å². The summed E-state index contributed by atoms with van der Waals surface area (Å²) in [7, 11) is 0. The normalized spacial score (nSPS) is 10.3. The number of hydrogen-bond acceptors (Lipinski definition) is 5. The summed E-state index contributed by atoms with van der Waals surface area (Å²) in [5.74, 6) is 0.596. The fraction of sp³-hybridized carbons (Fsp3) is 0.118. The maximum absolute atomic E-state index is 13.2. The van der Waals surface area contributed by atoms with Crippen molar-refractivity contribution in [1.29, 1.82) is 0 Å². The van der Waals surface area contributed by atoms with E-state index in [1.165, 1.54) is 23.9 Å². The highest BCUT2D eigenvalue weighted by molar-refractivity contribution is 5.55. The molecule has 0 spiro atoms. The van der Waals surface area contributed by atoms with E-state index < -0.39 is 0 Å². The molecule has 0 bridgehead atoms. The van der Waals surface area contributed by atoms with E-state index in [2.05, 4.69) is 37.9 Å². The van der Waals surface area contributed by atoms with Gasteiger partial charge in [-0.05, 0) is 30.7 Å².